The van der Waals surface area contributed by atoms with Gasteiger partial charge in [-0.2, -0.15) is 0 Å². The number of halogens is 1. The number of aliphatic hydroxyl groups is 1. The zero-order chi connectivity index (χ0) is 15.7. The van der Waals surface area contributed by atoms with Crippen molar-refractivity contribution in [3.05, 3.63) is 35.3 Å². The molecule has 5 heteroatoms. The number of hydrogen-bond acceptors (Lipinski definition) is 3. The van der Waals surface area contributed by atoms with E-state index in [1.807, 2.05) is 14.0 Å². The van der Waals surface area contributed by atoms with Crippen LogP contribution in [0, 0.1) is 12.7 Å². The summed E-state index contributed by atoms with van der Waals surface area (Å²) in [6.07, 6.45) is 0.0925. The summed E-state index contributed by atoms with van der Waals surface area (Å²) in [5, 5.41) is 11.3. The number of hydrogen-bond donors (Lipinski definition) is 1. The van der Waals surface area contributed by atoms with Gasteiger partial charge >= 0.3 is 0 Å². The molecule has 1 N–H and O–H groups in total. The summed E-state index contributed by atoms with van der Waals surface area (Å²) in [6.45, 7) is 5.83. The number of nitrogens with zero attached hydrogens (tertiary/aromatic N) is 2. The number of aryl methyl sites for hydroxylation is 1. The molecule has 1 saturated heterocycles. The number of ether oxygens (including phenoxy) is 1. The number of morpholine rings is 1. The van der Waals surface area contributed by atoms with Crippen molar-refractivity contribution in [2.45, 2.75) is 19.4 Å². The van der Waals surface area contributed by atoms with Gasteiger partial charge in [0.1, 0.15) is 5.82 Å². The van der Waals surface area contributed by atoms with Crippen molar-refractivity contribution in [1.82, 2.24) is 9.47 Å². The molecule has 0 radical (unpaired) electrons. The Labute approximate surface area is 130 Å². The van der Waals surface area contributed by atoms with Crippen molar-refractivity contribution in [3.8, 4) is 0 Å². The molecule has 1 atom stereocenters. The maximum Gasteiger partial charge on any atom is 0.123 e. The van der Waals surface area contributed by atoms with E-state index in [9.17, 15) is 9.50 Å². The van der Waals surface area contributed by atoms with Crippen molar-refractivity contribution >= 4 is 10.9 Å². The van der Waals surface area contributed by atoms with Gasteiger partial charge in [0, 0.05) is 49.7 Å². The average molecular weight is 306 g/mol. The van der Waals surface area contributed by atoms with Crippen molar-refractivity contribution in [3.63, 3.8) is 0 Å². The van der Waals surface area contributed by atoms with Gasteiger partial charge in [-0.3, -0.25) is 4.90 Å². The number of fused-ring (bicyclic) bond motifs is 1. The quantitative estimate of drug-likeness (QED) is 0.937. The highest BCUT2D eigenvalue weighted by Crippen LogP contribution is 2.27. The fraction of sp³-hybridized carbons (Fsp3) is 0.529. The Morgan fingerprint density at radius 1 is 1.32 bits per heavy atom. The van der Waals surface area contributed by atoms with Crippen LogP contribution in [0.2, 0.25) is 0 Å². The summed E-state index contributed by atoms with van der Waals surface area (Å²) in [6, 6.07) is 4.85. The molecule has 22 heavy (non-hydrogen) atoms. The lowest BCUT2D eigenvalue weighted by Crippen LogP contribution is -2.41. The van der Waals surface area contributed by atoms with Crippen molar-refractivity contribution in [2.75, 3.05) is 32.8 Å². The Bertz CT molecular complexity index is 662. The van der Waals surface area contributed by atoms with Crippen LogP contribution in [0.4, 0.5) is 4.39 Å². The maximum absolute atomic E-state index is 13.6. The summed E-state index contributed by atoms with van der Waals surface area (Å²) < 4.78 is 21.0. The molecular formula is C17H23FN2O2. The van der Waals surface area contributed by atoms with Gasteiger partial charge in [0.05, 0.1) is 19.3 Å². The number of β-amino-alcohol motifs (C(OH)–C–C–N with tert-alkyl or cyclic N) is 1. The largest absolute Gasteiger partial charge is 0.391 e. The number of aromatic nitrogens is 1. The topological polar surface area (TPSA) is 37.6 Å². The van der Waals surface area contributed by atoms with Gasteiger partial charge in [-0.15, -0.1) is 0 Å². The first-order chi connectivity index (χ1) is 10.6. The second kappa shape index (κ2) is 6.36. The highest BCUT2D eigenvalue weighted by atomic mass is 19.1. The van der Waals surface area contributed by atoms with E-state index in [4.69, 9.17) is 4.74 Å². The summed E-state index contributed by atoms with van der Waals surface area (Å²) in [4.78, 5) is 2.22. The first-order valence-corrected chi connectivity index (χ1v) is 7.78. The summed E-state index contributed by atoms with van der Waals surface area (Å²) in [5.41, 5.74) is 3.13. The molecule has 1 fully saturated rings. The second-order valence-corrected chi connectivity index (χ2v) is 6.06. The third-order valence-corrected chi connectivity index (χ3v) is 4.60. The minimum atomic E-state index is -0.453. The van der Waals surface area contributed by atoms with E-state index in [0.717, 1.165) is 48.5 Å². The van der Waals surface area contributed by atoms with Crippen LogP contribution in [-0.4, -0.2) is 53.5 Å². The van der Waals surface area contributed by atoms with Gasteiger partial charge in [0.2, 0.25) is 0 Å². The van der Waals surface area contributed by atoms with E-state index >= 15 is 0 Å². The maximum atomic E-state index is 13.6. The highest BCUT2D eigenvalue weighted by molar-refractivity contribution is 5.85. The minimum Gasteiger partial charge on any atom is -0.391 e. The molecule has 2 aromatic rings. The minimum absolute atomic E-state index is 0.234. The molecule has 0 amide bonds. The molecule has 1 aromatic heterocycles. The molecule has 4 nitrogen and oxygen atoms in total. The first kappa shape index (κ1) is 15.5. The molecule has 120 valence electrons. The molecule has 1 aromatic carbocycles. The lowest BCUT2D eigenvalue weighted by atomic mass is 10.0. The van der Waals surface area contributed by atoms with Crippen LogP contribution in [0.3, 0.4) is 0 Å². The van der Waals surface area contributed by atoms with Crippen LogP contribution >= 0.6 is 0 Å². The van der Waals surface area contributed by atoms with Crippen LogP contribution in [0.1, 0.15) is 11.3 Å². The highest BCUT2D eigenvalue weighted by Gasteiger charge is 2.19. The first-order valence-electron chi connectivity index (χ1n) is 7.78. The van der Waals surface area contributed by atoms with Gasteiger partial charge in [0.15, 0.2) is 0 Å². The van der Waals surface area contributed by atoms with E-state index < -0.39 is 6.10 Å². The second-order valence-electron chi connectivity index (χ2n) is 6.06. The Hall–Kier alpha value is -1.43. The van der Waals surface area contributed by atoms with Crippen molar-refractivity contribution in [1.29, 1.82) is 0 Å². The van der Waals surface area contributed by atoms with Crippen LogP contribution in [0.15, 0.2) is 18.2 Å². The summed E-state index contributed by atoms with van der Waals surface area (Å²) in [5.74, 6) is -0.234. The molecule has 0 spiro atoms. The normalized spacial score (nSPS) is 18.0. The third-order valence-electron chi connectivity index (χ3n) is 4.60. The standard InChI is InChI=1S/C17H23FN2O2/c1-12-15(10-14(21)11-20-5-7-22-8-6-20)16-9-13(18)3-4-17(16)19(12)2/h3-4,9,14,21H,5-8,10-11H2,1-2H3. The van der Waals surface area contributed by atoms with E-state index in [2.05, 4.69) is 9.47 Å². The van der Waals surface area contributed by atoms with E-state index in [-0.39, 0.29) is 5.82 Å². The Morgan fingerprint density at radius 2 is 2.05 bits per heavy atom. The van der Waals surface area contributed by atoms with E-state index in [1.54, 1.807) is 12.1 Å². The third kappa shape index (κ3) is 3.02. The Balaban J connectivity index is 1.80. The molecular weight excluding hydrogens is 283 g/mol. The fourth-order valence-corrected chi connectivity index (χ4v) is 3.26. The summed E-state index contributed by atoms with van der Waals surface area (Å²) >= 11 is 0. The monoisotopic (exact) mass is 306 g/mol. The number of aliphatic hydroxyl groups excluding tert-OH is 1. The zero-order valence-electron chi connectivity index (χ0n) is 13.2. The molecule has 0 bridgehead atoms. The molecule has 1 aliphatic heterocycles. The predicted octanol–water partition coefficient (Wildman–Crippen LogP) is 1.86. The lowest BCUT2D eigenvalue weighted by molar-refractivity contribution is 0.0149. The lowest BCUT2D eigenvalue weighted by Gasteiger charge is -2.28. The van der Waals surface area contributed by atoms with E-state index in [0.29, 0.717) is 13.0 Å². The molecule has 1 unspecified atom stereocenters. The SMILES string of the molecule is Cc1c(CC(O)CN2CCOCC2)c2cc(F)ccc2n1C. The van der Waals surface area contributed by atoms with Gasteiger partial charge < -0.3 is 14.4 Å². The molecule has 0 aliphatic carbocycles. The molecule has 1 aliphatic rings. The average Bonchev–Trinajstić information content (AvgIpc) is 2.73. The summed E-state index contributed by atoms with van der Waals surface area (Å²) in [7, 11) is 1.98. The van der Waals surface area contributed by atoms with E-state index in [1.165, 1.54) is 6.07 Å². The predicted molar refractivity (Wildman–Crippen MR) is 84.6 cm³/mol. The van der Waals surface area contributed by atoms with Gasteiger partial charge in [-0.05, 0) is 30.7 Å². The molecule has 2 heterocycles. The smallest absolute Gasteiger partial charge is 0.123 e. The van der Waals surface area contributed by atoms with Gasteiger partial charge in [-0.1, -0.05) is 0 Å². The van der Waals surface area contributed by atoms with Crippen molar-refractivity contribution < 1.29 is 14.2 Å². The van der Waals surface area contributed by atoms with Gasteiger partial charge in [-0.25, -0.2) is 4.39 Å². The molecule has 0 saturated carbocycles. The fourth-order valence-electron chi connectivity index (χ4n) is 3.26. The van der Waals surface area contributed by atoms with Crippen molar-refractivity contribution in [2.24, 2.45) is 7.05 Å². The Kier molecular flexibility index (Phi) is 4.47. The number of rotatable bonds is 4. The molecule has 3 rings (SSSR count). The van der Waals surface area contributed by atoms with Crippen LogP contribution in [0.5, 0.6) is 0 Å². The van der Waals surface area contributed by atoms with Gasteiger partial charge in [0.25, 0.3) is 0 Å². The Morgan fingerprint density at radius 3 is 2.77 bits per heavy atom. The zero-order valence-corrected chi connectivity index (χ0v) is 13.2. The van der Waals surface area contributed by atoms with Crippen LogP contribution in [-0.2, 0) is 18.2 Å². The van der Waals surface area contributed by atoms with Crippen LogP contribution in [0.25, 0.3) is 10.9 Å². The number of benzene rings is 1. The van der Waals surface area contributed by atoms with Crippen LogP contribution < -0.4 is 0 Å².